The van der Waals surface area contributed by atoms with Crippen molar-refractivity contribution >= 4 is 43.5 Å². The van der Waals surface area contributed by atoms with Gasteiger partial charge in [0.2, 0.25) is 5.95 Å². The largest absolute Gasteiger partial charge is 0.515 e. The number of non-ortho nitro benzene ring substituents is 1. The first kappa shape index (κ1) is 31.0. The van der Waals surface area contributed by atoms with Crippen LogP contribution in [0, 0.1) is 10.1 Å². The number of rotatable bonds is 12. The molecule has 0 fully saturated rings. The minimum atomic E-state index is -2.43. The zero-order chi connectivity index (χ0) is 30.0. The van der Waals surface area contributed by atoms with Gasteiger partial charge in [0.1, 0.15) is 18.0 Å². The number of hydrogen-bond donors (Lipinski definition) is 3. The molecule has 0 atom stereocenters. The van der Waals surface area contributed by atoms with Gasteiger partial charge in [0.15, 0.2) is 0 Å². The van der Waals surface area contributed by atoms with E-state index in [9.17, 15) is 19.7 Å². The van der Waals surface area contributed by atoms with Gasteiger partial charge < -0.3 is 25.1 Å². The van der Waals surface area contributed by atoms with Gasteiger partial charge in [0.25, 0.3) is 14.0 Å². The minimum Gasteiger partial charge on any atom is -0.515 e. The third-order valence-electron chi connectivity index (χ3n) is 6.60. The number of alkyl carbamates (subject to hydrolysis) is 1. The highest BCUT2D eigenvalue weighted by molar-refractivity contribution is 6.75. The maximum Gasteiger partial charge on any atom is 0.407 e. The van der Waals surface area contributed by atoms with Gasteiger partial charge in [-0.15, -0.1) is 0 Å². The molecule has 0 aliphatic carbocycles. The summed E-state index contributed by atoms with van der Waals surface area (Å²) < 4.78 is 11.2. The maximum absolute atomic E-state index is 13.2. The minimum absolute atomic E-state index is 0.0855. The Morgan fingerprint density at radius 3 is 2.46 bits per heavy atom. The van der Waals surface area contributed by atoms with Crippen LogP contribution in [0.15, 0.2) is 60.8 Å². The summed E-state index contributed by atoms with van der Waals surface area (Å²) in [5.41, 5.74) is 1.38. The van der Waals surface area contributed by atoms with Crippen LogP contribution in [0.3, 0.4) is 0 Å². The van der Waals surface area contributed by atoms with Crippen molar-refractivity contribution in [2.75, 3.05) is 23.7 Å². The molecule has 0 bridgehead atoms. The van der Waals surface area contributed by atoms with Crippen molar-refractivity contribution in [2.24, 2.45) is 0 Å². The van der Waals surface area contributed by atoms with E-state index in [4.69, 9.17) is 9.16 Å². The second kappa shape index (κ2) is 13.7. The Morgan fingerprint density at radius 1 is 1.05 bits per heavy atom. The normalized spacial score (nSPS) is 11.3. The summed E-state index contributed by atoms with van der Waals surface area (Å²) >= 11 is 0. The molecule has 0 spiro atoms. The number of ether oxygens (including phenoxy) is 1. The van der Waals surface area contributed by atoms with E-state index in [1.54, 1.807) is 12.1 Å². The van der Waals surface area contributed by atoms with Gasteiger partial charge in [0.05, 0.1) is 4.92 Å². The number of benzene rings is 2. The van der Waals surface area contributed by atoms with E-state index in [1.165, 1.54) is 18.3 Å². The molecule has 2 aromatic carbocycles. The second-order valence-corrected chi connectivity index (χ2v) is 15.5. The molecule has 0 radical (unpaired) electrons. The number of carbonyl (C=O) groups is 2. The van der Waals surface area contributed by atoms with E-state index in [0.29, 0.717) is 25.2 Å². The average molecular weight is 581 g/mol. The number of nitrogens with one attached hydrogen (secondary N) is 3. The number of nitro benzene ring substituents is 1. The van der Waals surface area contributed by atoms with Crippen molar-refractivity contribution < 1.29 is 23.7 Å². The smallest absolute Gasteiger partial charge is 0.407 e. The van der Waals surface area contributed by atoms with Crippen LogP contribution in [0.5, 0.6) is 0 Å². The second-order valence-electron chi connectivity index (χ2n) is 10.8. The molecule has 0 unspecified atom stereocenters. The van der Waals surface area contributed by atoms with E-state index >= 15 is 0 Å². The fourth-order valence-corrected chi connectivity index (χ4v) is 4.13. The Balaban J connectivity index is 1.67. The average Bonchev–Trinajstić information content (AvgIpc) is 2.91. The molecule has 0 saturated heterocycles. The van der Waals surface area contributed by atoms with Crippen LogP contribution in [0.2, 0.25) is 18.1 Å². The molecular weight excluding hydrogens is 544 g/mol. The summed E-state index contributed by atoms with van der Waals surface area (Å²) in [5, 5.41) is 19.7. The zero-order valence-electron chi connectivity index (χ0n) is 23.9. The summed E-state index contributed by atoms with van der Waals surface area (Å²) in [6.45, 7) is 10.9. The molecule has 0 aliphatic heterocycles. The predicted octanol–water partition coefficient (Wildman–Crippen LogP) is 6.02. The van der Waals surface area contributed by atoms with Crippen molar-refractivity contribution in [1.29, 1.82) is 0 Å². The van der Waals surface area contributed by atoms with Gasteiger partial charge in [0, 0.05) is 37.1 Å². The number of nitrogens with zero attached hydrogens (tertiary/aromatic N) is 3. The summed E-state index contributed by atoms with van der Waals surface area (Å²) in [6.07, 6.45) is 1.34. The number of anilines is 3. The molecule has 12 nitrogen and oxygen atoms in total. The molecule has 0 saturated carbocycles. The van der Waals surface area contributed by atoms with Crippen LogP contribution >= 0.6 is 0 Å². The first-order valence-corrected chi connectivity index (χ1v) is 16.1. The number of nitro groups is 1. The van der Waals surface area contributed by atoms with E-state index in [-0.39, 0.29) is 34.7 Å². The van der Waals surface area contributed by atoms with Gasteiger partial charge in [-0.25, -0.2) is 14.6 Å². The third kappa shape index (κ3) is 9.27. The Labute approximate surface area is 240 Å². The fourth-order valence-electron chi connectivity index (χ4n) is 3.25. The fraction of sp³-hybridized carbons (Fsp3) is 0.357. The summed E-state index contributed by atoms with van der Waals surface area (Å²) in [5.74, 6) is -0.161. The molecule has 3 aromatic rings. The molecule has 41 heavy (non-hydrogen) atoms. The summed E-state index contributed by atoms with van der Waals surface area (Å²) in [4.78, 5) is 44.5. The topological polar surface area (TPSA) is 158 Å². The zero-order valence-corrected chi connectivity index (χ0v) is 24.9. The van der Waals surface area contributed by atoms with Crippen LogP contribution < -0.4 is 16.0 Å². The SMILES string of the molecule is CC(C)(C)[Si](C)(C)OC(=O)c1cnc(Nc2cccc([N+](=O)[O-])c2)nc1NCCCNC(=O)OCc1ccccc1. The molecular formula is C28H36N6O6Si. The summed E-state index contributed by atoms with van der Waals surface area (Å²) in [6, 6.07) is 15.3. The number of aromatic nitrogens is 2. The first-order valence-electron chi connectivity index (χ1n) is 13.2. The molecule has 218 valence electrons. The van der Waals surface area contributed by atoms with Crippen molar-refractivity contribution in [3.8, 4) is 0 Å². The number of amides is 1. The van der Waals surface area contributed by atoms with Crippen LogP contribution in [0.1, 0.15) is 43.1 Å². The van der Waals surface area contributed by atoms with Gasteiger partial charge >= 0.3 is 12.1 Å². The Hall–Kier alpha value is -4.52. The van der Waals surface area contributed by atoms with Gasteiger partial charge in [-0.05, 0) is 36.2 Å². The van der Waals surface area contributed by atoms with E-state index in [1.807, 2.05) is 64.2 Å². The monoisotopic (exact) mass is 580 g/mol. The highest BCUT2D eigenvalue weighted by Gasteiger charge is 2.41. The lowest BCUT2D eigenvalue weighted by molar-refractivity contribution is -0.384. The highest BCUT2D eigenvalue weighted by Crippen LogP contribution is 2.37. The molecule has 1 aromatic heterocycles. The first-order chi connectivity index (χ1) is 19.4. The lowest BCUT2D eigenvalue weighted by Crippen LogP contribution is -2.42. The highest BCUT2D eigenvalue weighted by atomic mass is 28.4. The summed E-state index contributed by atoms with van der Waals surface area (Å²) in [7, 11) is -2.43. The van der Waals surface area contributed by atoms with E-state index < -0.39 is 25.3 Å². The van der Waals surface area contributed by atoms with Crippen molar-refractivity contribution in [3.05, 3.63) is 82.0 Å². The van der Waals surface area contributed by atoms with Gasteiger partial charge in [-0.3, -0.25) is 10.1 Å². The Kier molecular flexibility index (Phi) is 10.4. The standard InChI is InChI=1S/C28H36N6O6Si/c1-28(2,3)41(4,5)40-25(35)23-18-31-26(32-21-13-9-14-22(17-21)34(37)38)33-24(23)29-15-10-16-30-27(36)39-19-20-11-7-6-8-12-20/h6-9,11-14,17-18H,10,15-16,19H2,1-5H3,(H,30,36)(H2,29,31,32,33). The number of carbonyl (C=O) groups excluding carboxylic acids is 2. The van der Waals surface area contributed by atoms with Crippen LogP contribution in [-0.2, 0) is 15.8 Å². The van der Waals surface area contributed by atoms with Crippen molar-refractivity contribution in [3.63, 3.8) is 0 Å². The quantitative estimate of drug-likeness (QED) is 0.100. The molecule has 13 heteroatoms. The van der Waals surface area contributed by atoms with E-state index in [2.05, 4.69) is 25.9 Å². The number of hydrogen-bond acceptors (Lipinski definition) is 10. The van der Waals surface area contributed by atoms with Gasteiger partial charge in [-0.1, -0.05) is 57.2 Å². The lowest BCUT2D eigenvalue weighted by Gasteiger charge is -2.35. The maximum atomic E-state index is 13.2. The molecule has 3 N–H and O–H groups in total. The molecule has 3 rings (SSSR count). The molecule has 0 aliphatic rings. The predicted molar refractivity (Wildman–Crippen MR) is 159 cm³/mol. The van der Waals surface area contributed by atoms with Crippen molar-refractivity contribution in [2.45, 2.75) is 51.9 Å². The van der Waals surface area contributed by atoms with Crippen LogP contribution in [0.4, 0.5) is 27.9 Å². The van der Waals surface area contributed by atoms with Gasteiger partial charge in [-0.2, -0.15) is 4.98 Å². The Morgan fingerprint density at radius 2 is 1.78 bits per heavy atom. The van der Waals surface area contributed by atoms with Crippen LogP contribution in [-0.4, -0.2) is 48.4 Å². The third-order valence-corrected chi connectivity index (χ3v) is 10.9. The lowest BCUT2D eigenvalue weighted by atomic mass is 10.2. The Bertz CT molecular complexity index is 1360. The van der Waals surface area contributed by atoms with E-state index in [0.717, 1.165) is 5.56 Å². The van der Waals surface area contributed by atoms with Crippen molar-refractivity contribution in [1.82, 2.24) is 15.3 Å². The van der Waals surface area contributed by atoms with Crippen LogP contribution in [0.25, 0.3) is 0 Å². The molecule has 1 amide bonds. The molecule has 1 heterocycles.